The molecule has 1 saturated carbocycles. The van der Waals surface area contributed by atoms with Crippen LogP contribution >= 0.6 is 11.6 Å². The number of ether oxygens (including phenoxy) is 2. The zero-order valence-corrected chi connectivity index (χ0v) is 17.7. The maximum absolute atomic E-state index is 13.8. The van der Waals surface area contributed by atoms with Crippen LogP contribution in [0.1, 0.15) is 25.7 Å². The Kier molecular flexibility index (Phi) is 8.26. The molecule has 0 aromatic heterocycles. The highest BCUT2D eigenvalue weighted by Gasteiger charge is 2.23. The van der Waals surface area contributed by atoms with E-state index in [0.29, 0.717) is 35.9 Å². The summed E-state index contributed by atoms with van der Waals surface area (Å²) in [5, 5.41) is 11.4. The Morgan fingerprint density at radius 1 is 1.06 bits per heavy atom. The number of aliphatic carboxylic acids is 1. The molecule has 0 unspecified atom stereocenters. The van der Waals surface area contributed by atoms with Crippen molar-refractivity contribution in [1.82, 2.24) is 0 Å². The van der Waals surface area contributed by atoms with Crippen LogP contribution in [-0.4, -0.2) is 37.0 Å². The first kappa shape index (κ1) is 23.0. The quantitative estimate of drug-likeness (QED) is 0.547. The molecule has 31 heavy (non-hydrogen) atoms. The average Bonchev–Trinajstić information content (AvgIpc) is 2.75. The topological polar surface area (TPSA) is 84.9 Å². The number of nitrogens with one attached hydrogen (secondary N) is 1. The van der Waals surface area contributed by atoms with Crippen LogP contribution in [0.15, 0.2) is 42.5 Å². The smallest absolute Gasteiger partial charge is 0.411 e. The van der Waals surface area contributed by atoms with Crippen molar-refractivity contribution in [2.45, 2.75) is 25.7 Å². The molecule has 0 radical (unpaired) electrons. The second-order valence-corrected chi connectivity index (χ2v) is 8.10. The van der Waals surface area contributed by atoms with Crippen LogP contribution in [0.25, 0.3) is 11.1 Å². The molecular weight excluding hydrogens is 425 g/mol. The number of rotatable bonds is 8. The molecule has 0 heterocycles. The SMILES string of the molecule is O=C(O)COCC1CCC(COC(=O)Nc2ccccc2-c2ccc(Cl)c(F)c2)CC1. The van der Waals surface area contributed by atoms with Crippen molar-refractivity contribution >= 4 is 29.4 Å². The van der Waals surface area contributed by atoms with Crippen LogP contribution in [0, 0.1) is 17.7 Å². The number of carbonyl (C=O) groups excluding carboxylic acids is 1. The molecule has 8 heteroatoms. The highest BCUT2D eigenvalue weighted by atomic mass is 35.5. The monoisotopic (exact) mass is 449 g/mol. The van der Waals surface area contributed by atoms with Gasteiger partial charge in [0.05, 0.1) is 23.9 Å². The van der Waals surface area contributed by atoms with E-state index in [9.17, 15) is 14.0 Å². The molecule has 3 rings (SSSR count). The molecule has 166 valence electrons. The van der Waals surface area contributed by atoms with E-state index in [4.69, 9.17) is 26.2 Å². The highest BCUT2D eigenvalue weighted by molar-refractivity contribution is 6.30. The highest BCUT2D eigenvalue weighted by Crippen LogP contribution is 2.31. The van der Waals surface area contributed by atoms with Crippen molar-refractivity contribution in [1.29, 1.82) is 0 Å². The summed E-state index contributed by atoms with van der Waals surface area (Å²) < 4.78 is 24.4. The number of hydrogen-bond donors (Lipinski definition) is 2. The minimum Gasteiger partial charge on any atom is -0.480 e. The molecule has 1 amide bonds. The number of carboxylic acid groups (broad SMARTS) is 1. The summed E-state index contributed by atoms with van der Waals surface area (Å²) in [5.41, 5.74) is 1.78. The van der Waals surface area contributed by atoms with Crippen molar-refractivity contribution in [3.05, 3.63) is 53.3 Å². The summed E-state index contributed by atoms with van der Waals surface area (Å²) in [5.74, 6) is -0.880. The summed E-state index contributed by atoms with van der Waals surface area (Å²) in [4.78, 5) is 22.8. The number of anilines is 1. The van der Waals surface area contributed by atoms with E-state index < -0.39 is 17.9 Å². The number of amides is 1. The molecule has 0 bridgehead atoms. The second-order valence-electron chi connectivity index (χ2n) is 7.69. The lowest BCUT2D eigenvalue weighted by Gasteiger charge is -2.27. The maximum atomic E-state index is 13.8. The van der Waals surface area contributed by atoms with Gasteiger partial charge in [-0.15, -0.1) is 0 Å². The van der Waals surface area contributed by atoms with Gasteiger partial charge in [0.25, 0.3) is 0 Å². The van der Waals surface area contributed by atoms with Crippen molar-refractivity contribution in [2.24, 2.45) is 11.8 Å². The number of hydrogen-bond acceptors (Lipinski definition) is 4. The van der Waals surface area contributed by atoms with Gasteiger partial charge in [0, 0.05) is 5.56 Å². The van der Waals surface area contributed by atoms with Gasteiger partial charge in [-0.05, 0) is 61.3 Å². The Bertz CT molecular complexity index is 915. The van der Waals surface area contributed by atoms with Crippen LogP contribution < -0.4 is 5.32 Å². The van der Waals surface area contributed by atoms with Crippen molar-refractivity contribution < 1.29 is 28.6 Å². The minimum atomic E-state index is -0.962. The summed E-state index contributed by atoms with van der Waals surface area (Å²) in [6, 6.07) is 11.6. The van der Waals surface area contributed by atoms with Crippen LogP contribution in [0.2, 0.25) is 5.02 Å². The fourth-order valence-corrected chi connectivity index (χ4v) is 3.84. The third kappa shape index (κ3) is 6.94. The number of carbonyl (C=O) groups is 2. The Hall–Kier alpha value is -2.64. The van der Waals surface area contributed by atoms with E-state index in [2.05, 4.69) is 5.32 Å². The van der Waals surface area contributed by atoms with E-state index >= 15 is 0 Å². The molecule has 1 fully saturated rings. The van der Waals surface area contributed by atoms with Gasteiger partial charge < -0.3 is 14.6 Å². The third-order valence-electron chi connectivity index (χ3n) is 5.39. The van der Waals surface area contributed by atoms with Gasteiger partial charge in [-0.25, -0.2) is 14.0 Å². The van der Waals surface area contributed by atoms with Gasteiger partial charge in [-0.2, -0.15) is 0 Å². The molecule has 0 aliphatic heterocycles. The third-order valence-corrected chi connectivity index (χ3v) is 5.70. The normalized spacial score (nSPS) is 18.4. The first-order chi connectivity index (χ1) is 14.9. The summed E-state index contributed by atoms with van der Waals surface area (Å²) in [6.07, 6.45) is 3.07. The molecule has 0 spiro atoms. The molecular formula is C23H25ClFNO5. The zero-order valence-electron chi connectivity index (χ0n) is 17.0. The lowest BCUT2D eigenvalue weighted by molar-refractivity contribution is -0.142. The molecule has 2 aromatic carbocycles. The molecule has 2 N–H and O–H groups in total. The average molecular weight is 450 g/mol. The van der Waals surface area contributed by atoms with Gasteiger partial charge in [-0.3, -0.25) is 5.32 Å². The van der Waals surface area contributed by atoms with Crippen molar-refractivity contribution in [2.75, 3.05) is 25.1 Å². The fraction of sp³-hybridized carbons (Fsp3) is 0.391. The maximum Gasteiger partial charge on any atom is 0.411 e. The van der Waals surface area contributed by atoms with E-state index in [-0.39, 0.29) is 17.5 Å². The lowest BCUT2D eigenvalue weighted by Crippen LogP contribution is -2.25. The van der Waals surface area contributed by atoms with Gasteiger partial charge in [0.15, 0.2) is 0 Å². The van der Waals surface area contributed by atoms with Crippen LogP contribution in [0.4, 0.5) is 14.9 Å². The van der Waals surface area contributed by atoms with E-state index in [0.717, 1.165) is 25.7 Å². The number of benzene rings is 2. The Morgan fingerprint density at radius 3 is 2.42 bits per heavy atom. The van der Waals surface area contributed by atoms with E-state index in [1.54, 1.807) is 30.3 Å². The summed E-state index contributed by atoms with van der Waals surface area (Å²) in [7, 11) is 0. The van der Waals surface area contributed by atoms with E-state index in [1.807, 2.05) is 0 Å². The van der Waals surface area contributed by atoms with Crippen LogP contribution in [0.5, 0.6) is 0 Å². The Labute approximate surface area is 185 Å². The zero-order chi connectivity index (χ0) is 22.2. The van der Waals surface area contributed by atoms with Gasteiger partial charge in [-0.1, -0.05) is 35.9 Å². The fourth-order valence-electron chi connectivity index (χ4n) is 3.72. The summed E-state index contributed by atoms with van der Waals surface area (Å²) in [6.45, 7) is 0.488. The molecule has 0 atom stereocenters. The predicted octanol–water partition coefficient (Wildman–Crippen LogP) is 5.60. The first-order valence-electron chi connectivity index (χ1n) is 10.2. The van der Waals surface area contributed by atoms with Crippen molar-refractivity contribution in [3.63, 3.8) is 0 Å². The van der Waals surface area contributed by atoms with Crippen LogP contribution in [0.3, 0.4) is 0 Å². The van der Waals surface area contributed by atoms with Gasteiger partial charge >= 0.3 is 12.1 Å². The van der Waals surface area contributed by atoms with Gasteiger partial charge in [0.1, 0.15) is 12.4 Å². The van der Waals surface area contributed by atoms with Gasteiger partial charge in [0.2, 0.25) is 0 Å². The van der Waals surface area contributed by atoms with E-state index in [1.165, 1.54) is 12.1 Å². The molecule has 0 saturated heterocycles. The first-order valence-corrected chi connectivity index (χ1v) is 10.6. The van der Waals surface area contributed by atoms with Crippen LogP contribution in [-0.2, 0) is 14.3 Å². The standard InChI is InChI=1S/C23H25ClFNO5/c24-19-10-9-17(11-20(19)25)18-3-1-2-4-21(18)26-23(29)31-13-16-7-5-15(6-8-16)12-30-14-22(27)28/h1-4,9-11,15-16H,5-8,12-14H2,(H,26,29)(H,27,28). The number of carboxylic acids is 1. The number of halogens is 2. The Balaban J connectivity index is 1.48. The molecule has 2 aromatic rings. The molecule has 1 aliphatic rings. The second kappa shape index (κ2) is 11.1. The predicted molar refractivity (Wildman–Crippen MR) is 116 cm³/mol. The molecule has 6 nitrogen and oxygen atoms in total. The largest absolute Gasteiger partial charge is 0.480 e. The van der Waals surface area contributed by atoms with Crippen molar-refractivity contribution in [3.8, 4) is 11.1 Å². The lowest BCUT2D eigenvalue weighted by atomic mass is 9.83. The minimum absolute atomic E-state index is 0.0387. The Morgan fingerprint density at radius 2 is 1.74 bits per heavy atom. The summed E-state index contributed by atoms with van der Waals surface area (Å²) >= 11 is 5.76. The number of para-hydroxylation sites is 1. The molecule has 1 aliphatic carbocycles.